The number of benzene rings is 1. The fraction of sp³-hybridized carbons (Fsp3) is 0.441. The molecule has 7 rings (SSSR count). The number of carbonyl (C=O) groups is 1. The van der Waals surface area contributed by atoms with E-state index in [1.54, 1.807) is 18.5 Å². The van der Waals surface area contributed by atoms with Crippen LogP contribution in [0.15, 0.2) is 43.0 Å². The summed E-state index contributed by atoms with van der Waals surface area (Å²) in [5.41, 5.74) is 3.67. The van der Waals surface area contributed by atoms with E-state index < -0.39 is 12.6 Å². The van der Waals surface area contributed by atoms with Crippen LogP contribution in [0.5, 0.6) is 0 Å². The Morgan fingerprint density at radius 3 is 2.66 bits per heavy atom. The van der Waals surface area contributed by atoms with E-state index in [4.69, 9.17) is 0 Å². The average Bonchev–Trinajstić information content (AvgIpc) is 3.81. The molecule has 0 radical (unpaired) electrons. The number of thiophene rings is 1. The highest BCUT2D eigenvalue weighted by Gasteiger charge is 2.40. The third kappa shape index (κ3) is 6.31. The molecule has 4 aromatic heterocycles. The highest BCUT2D eigenvalue weighted by molar-refractivity contribution is 7.18. The number of aromatic amines is 1. The Morgan fingerprint density at radius 1 is 1.13 bits per heavy atom. The molecule has 9 nitrogen and oxygen atoms in total. The van der Waals surface area contributed by atoms with Gasteiger partial charge in [0.05, 0.1) is 30.6 Å². The van der Waals surface area contributed by atoms with Gasteiger partial charge in [-0.15, -0.1) is 11.3 Å². The van der Waals surface area contributed by atoms with E-state index in [-0.39, 0.29) is 22.7 Å². The fourth-order valence-corrected chi connectivity index (χ4v) is 8.60. The first-order chi connectivity index (χ1) is 22.7. The molecular formula is C34H35F3N8OS. The molecule has 1 saturated heterocycles. The number of nitriles is 1. The molecule has 244 valence electrons. The van der Waals surface area contributed by atoms with Crippen LogP contribution in [0.25, 0.3) is 21.1 Å². The van der Waals surface area contributed by atoms with Gasteiger partial charge in [0.2, 0.25) is 0 Å². The number of alkyl halides is 3. The molecule has 0 bridgehead atoms. The predicted molar refractivity (Wildman–Crippen MR) is 174 cm³/mol. The Kier molecular flexibility index (Phi) is 8.38. The van der Waals surface area contributed by atoms with Gasteiger partial charge < -0.3 is 14.8 Å². The normalized spacial score (nSPS) is 19.3. The number of hydrogen-bond donors (Lipinski definition) is 2. The smallest absolute Gasteiger partial charge is 0.354 e. The molecule has 1 aromatic carbocycles. The molecular weight excluding hydrogens is 625 g/mol. The van der Waals surface area contributed by atoms with Gasteiger partial charge in [-0.25, -0.2) is 9.97 Å². The molecule has 2 aliphatic rings. The minimum atomic E-state index is -4.30. The second kappa shape index (κ2) is 12.6. The van der Waals surface area contributed by atoms with Gasteiger partial charge in [-0.2, -0.15) is 23.5 Å². The van der Waals surface area contributed by atoms with Crippen molar-refractivity contribution in [1.29, 1.82) is 5.26 Å². The molecule has 2 atom stereocenters. The standard InChI is InChI=1S/C34H35F3N8OS/c1-20-25(8-9-30-26(20)10-23(13-38)45(30)16-21-14-41-42-15-21)32(46)43-29-18-44(17-28(29)22-6-4-2-3-5-7-22)31-27-11-24(12-34(35,36)37)47-33(27)40-19-39-31/h8-11,14-15,19,22,28-29H,2-7,12,16-18H2,1H3,(H,41,42)(H,43,46). The molecule has 1 saturated carbocycles. The summed E-state index contributed by atoms with van der Waals surface area (Å²) in [4.78, 5) is 25.7. The zero-order valence-corrected chi connectivity index (χ0v) is 26.8. The summed E-state index contributed by atoms with van der Waals surface area (Å²) in [6.45, 7) is 3.56. The van der Waals surface area contributed by atoms with Crippen molar-refractivity contribution >= 4 is 44.2 Å². The number of aromatic nitrogens is 5. The van der Waals surface area contributed by atoms with E-state index >= 15 is 0 Å². The summed E-state index contributed by atoms with van der Waals surface area (Å²) in [7, 11) is 0. The maximum absolute atomic E-state index is 14.0. The lowest BCUT2D eigenvalue weighted by atomic mass is 9.83. The van der Waals surface area contributed by atoms with Crippen molar-refractivity contribution in [3.8, 4) is 6.07 Å². The lowest BCUT2D eigenvalue weighted by Crippen LogP contribution is -2.43. The summed E-state index contributed by atoms with van der Waals surface area (Å²) >= 11 is 1.05. The Balaban J connectivity index is 1.18. The number of amides is 1. The van der Waals surface area contributed by atoms with Crippen LogP contribution in [0.2, 0.25) is 0 Å². The number of halogens is 3. The van der Waals surface area contributed by atoms with Crippen molar-refractivity contribution in [2.75, 3.05) is 18.0 Å². The minimum absolute atomic E-state index is 0.167. The molecule has 47 heavy (non-hydrogen) atoms. The Hall–Kier alpha value is -4.44. The number of anilines is 1. The largest absolute Gasteiger partial charge is 0.393 e. The maximum atomic E-state index is 14.0. The number of nitrogens with zero attached hydrogens (tertiary/aromatic N) is 6. The Bertz CT molecular complexity index is 1950. The lowest BCUT2D eigenvalue weighted by Gasteiger charge is -2.27. The highest BCUT2D eigenvalue weighted by Crippen LogP contribution is 2.39. The quantitative estimate of drug-likeness (QED) is 0.184. The molecule has 5 heterocycles. The van der Waals surface area contributed by atoms with Gasteiger partial charge in [-0.3, -0.25) is 9.89 Å². The van der Waals surface area contributed by atoms with Crippen LogP contribution in [0.3, 0.4) is 0 Å². The van der Waals surface area contributed by atoms with Crippen LogP contribution in [-0.4, -0.2) is 55.9 Å². The van der Waals surface area contributed by atoms with Crippen molar-refractivity contribution in [1.82, 2.24) is 30.0 Å². The Morgan fingerprint density at radius 2 is 1.94 bits per heavy atom. The molecule has 2 fully saturated rings. The number of carbonyl (C=O) groups excluding carboxylic acids is 1. The van der Waals surface area contributed by atoms with Crippen LogP contribution >= 0.6 is 11.3 Å². The van der Waals surface area contributed by atoms with Crippen LogP contribution in [0.4, 0.5) is 19.0 Å². The van der Waals surface area contributed by atoms with Gasteiger partial charge in [0, 0.05) is 52.1 Å². The molecule has 2 N–H and O–H groups in total. The average molecular weight is 661 g/mol. The second-order valence-corrected chi connectivity index (χ2v) is 13.9. The zero-order valence-electron chi connectivity index (χ0n) is 26.0. The predicted octanol–water partition coefficient (Wildman–Crippen LogP) is 6.91. The summed E-state index contributed by atoms with van der Waals surface area (Å²) in [6.07, 6.45) is 6.53. The molecule has 0 spiro atoms. The van der Waals surface area contributed by atoms with Crippen LogP contribution in [0.1, 0.15) is 70.6 Å². The van der Waals surface area contributed by atoms with E-state index in [0.29, 0.717) is 52.8 Å². The zero-order chi connectivity index (χ0) is 32.7. The summed E-state index contributed by atoms with van der Waals surface area (Å²) in [5, 5.41) is 21.5. The number of H-pyrrole nitrogens is 1. The number of nitrogens with one attached hydrogen (secondary N) is 2. The first kappa shape index (κ1) is 31.2. The molecule has 1 amide bonds. The third-order valence-corrected chi connectivity index (χ3v) is 10.9. The van der Waals surface area contributed by atoms with Gasteiger partial charge in [0.15, 0.2) is 0 Å². The lowest BCUT2D eigenvalue weighted by molar-refractivity contribution is -0.126. The van der Waals surface area contributed by atoms with Gasteiger partial charge in [0.1, 0.15) is 28.7 Å². The number of rotatable bonds is 7. The van der Waals surface area contributed by atoms with Crippen molar-refractivity contribution in [2.45, 2.75) is 70.6 Å². The van der Waals surface area contributed by atoms with Crippen LogP contribution < -0.4 is 10.2 Å². The summed E-state index contributed by atoms with van der Waals surface area (Å²) < 4.78 is 41.5. The van der Waals surface area contributed by atoms with Gasteiger partial charge in [-0.1, -0.05) is 38.5 Å². The Labute approximate surface area is 273 Å². The van der Waals surface area contributed by atoms with Crippen LogP contribution in [0, 0.1) is 30.1 Å². The SMILES string of the molecule is Cc1c(C(=O)NC2CN(c3ncnc4sc(CC(F)(F)F)cc34)CC2C2CCCCCC2)ccc2c1cc(C#N)n2Cc1cn[nH]c1. The summed E-state index contributed by atoms with van der Waals surface area (Å²) in [6, 6.07) is 9.25. The van der Waals surface area contributed by atoms with Crippen molar-refractivity contribution in [3.05, 3.63) is 70.2 Å². The molecule has 1 aliphatic carbocycles. The molecule has 5 aromatic rings. The van der Waals surface area contributed by atoms with Gasteiger partial charge >= 0.3 is 6.18 Å². The van der Waals surface area contributed by atoms with Crippen molar-refractivity contribution in [3.63, 3.8) is 0 Å². The van der Waals surface area contributed by atoms with E-state index in [1.165, 1.54) is 19.2 Å². The van der Waals surface area contributed by atoms with Crippen molar-refractivity contribution in [2.24, 2.45) is 11.8 Å². The minimum Gasteiger partial charge on any atom is -0.354 e. The molecule has 1 aliphatic heterocycles. The van der Waals surface area contributed by atoms with E-state index in [0.717, 1.165) is 59.0 Å². The first-order valence-corrected chi connectivity index (χ1v) is 16.9. The van der Waals surface area contributed by atoms with Gasteiger partial charge in [0.25, 0.3) is 5.91 Å². The fourth-order valence-electron chi connectivity index (χ4n) is 7.58. The van der Waals surface area contributed by atoms with Gasteiger partial charge in [-0.05, 0) is 42.7 Å². The topological polar surface area (TPSA) is 116 Å². The highest BCUT2D eigenvalue weighted by atomic mass is 32.1. The van der Waals surface area contributed by atoms with Crippen molar-refractivity contribution < 1.29 is 18.0 Å². The maximum Gasteiger partial charge on any atom is 0.393 e. The monoisotopic (exact) mass is 660 g/mol. The van der Waals surface area contributed by atoms with E-state index in [9.17, 15) is 23.2 Å². The number of fused-ring (bicyclic) bond motifs is 2. The molecule has 2 unspecified atom stereocenters. The number of hydrogen-bond acceptors (Lipinski definition) is 7. The molecule has 13 heteroatoms. The number of aryl methyl sites for hydroxylation is 1. The second-order valence-electron chi connectivity index (χ2n) is 12.8. The first-order valence-electron chi connectivity index (χ1n) is 16.0. The van der Waals surface area contributed by atoms with E-state index in [1.807, 2.05) is 29.7 Å². The summed E-state index contributed by atoms with van der Waals surface area (Å²) in [5.74, 6) is 1.04. The third-order valence-electron chi connectivity index (χ3n) is 9.83. The van der Waals surface area contributed by atoms with Crippen LogP contribution in [-0.2, 0) is 13.0 Å². The van der Waals surface area contributed by atoms with E-state index in [2.05, 4.69) is 36.5 Å².